The number of hydrogen-bond acceptors (Lipinski definition) is 0. The smallest absolute Gasteiger partial charge is 0.152 e. The fraction of sp³-hybridized carbons (Fsp3) is 0.565. The van der Waals surface area contributed by atoms with E-state index in [2.05, 4.69) is 48.7 Å². The van der Waals surface area contributed by atoms with Crippen LogP contribution in [0.3, 0.4) is 0 Å². The lowest BCUT2D eigenvalue weighted by Gasteiger charge is -2.04. The molecule has 0 nitrogen and oxygen atoms in total. The van der Waals surface area contributed by atoms with Gasteiger partial charge in [-0.3, -0.25) is 0 Å². The second-order valence-corrected chi connectivity index (χ2v) is 8.18. The molecule has 0 spiro atoms. The van der Waals surface area contributed by atoms with E-state index < -0.39 is 0 Å². The van der Waals surface area contributed by atoms with E-state index in [9.17, 15) is 0 Å². The molecule has 0 unspecified atom stereocenters. The fourth-order valence-electron chi connectivity index (χ4n) is 3.29. The zero-order chi connectivity index (χ0) is 16.9. The Kier molecular flexibility index (Phi) is 12.8. The number of thiophene rings is 1. The van der Waals surface area contributed by atoms with Gasteiger partial charge in [0.1, 0.15) is 5.38 Å². The first-order valence-corrected chi connectivity index (χ1v) is 11.0. The molecule has 1 heterocycles. The van der Waals surface area contributed by atoms with E-state index in [1.807, 2.05) is 0 Å². The normalized spacial score (nSPS) is 10.6. The van der Waals surface area contributed by atoms with E-state index in [0.29, 0.717) is 0 Å². The van der Waals surface area contributed by atoms with E-state index >= 15 is 0 Å². The zero-order valence-corrected chi connectivity index (χ0v) is 17.5. The molecule has 2 rings (SSSR count). The van der Waals surface area contributed by atoms with Crippen molar-refractivity contribution in [3.8, 4) is 0 Å². The van der Waals surface area contributed by atoms with Crippen LogP contribution in [0, 0.1) is 0 Å². The van der Waals surface area contributed by atoms with Gasteiger partial charge in [-0.25, -0.2) is 0 Å². The minimum absolute atomic E-state index is 0. The molecular weight excluding hydrogens is 344 g/mol. The molecule has 0 fully saturated rings. The summed E-state index contributed by atoms with van der Waals surface area (Å²) in [6.45, 7) is 2.29. The predicted octanol–water partition coefficient (Wildman–Crippen LogP) is 4.54. The monoisotopic (exact) mass is 378 g/mol. The van der Waals surface area contributed by atoms with Crippen LogP contribution in [-0.2, 0) is 12.8 Å². The summed E-state index contributed by atoms with van der Waals surface area (Å²) in [5, 5.41) is 2.22. The summed E-state index contributed by atoms with van der Waals surface area (Å²) in [6, 6.07) is 13.7. The third-order valence-corrected chi connectivity index (χ3v) is 5.80. The number of rotatable bonds is 13. The Morgan fingerprint density at radius 2 is 1.24 bits per heavy atom. The highest BCUT2D eigenvalue weighted by Crippen LogP contribution is 2.17. The highest BCUT2D eigenvalue weighted by atomic mass is 35.5. The molecule has 0 bridgehead atoms. The molecule has 0 aliphatic carbocycles. The Labute approximate surface area is 165 Å². The van der Waals surface area contributed by atoms with Crippen LogP contribution in [0.25, 0.3) is 0 Å². The van der Waals surface area contributed by atoms with Crippen molar-refractivity contribution < 1.29 is 12.4 Å². The van der Waals surface area contributed by atoms with Crippen LogP contribution in [0.1, 0.15) is 87.1 Å². The molecule has 0 aliphatic rings. The first kappa shape index (κ1) is 22.3. The Bertz CT molecular complexity index is 516. The summed E-state index contributed by atoms with van der Waals surface area (Å²) in [5.41, 5.74) is 2.96. The molecule has 0 amide bonds. The van der Waals surface area contributed by atoms with Gasteiger partial charge in [-0.1, -0.05) is 89.0 Å². The third-order valence-electron chi connectivity index (χ3n) is 4.84. The standard InChI is InChI=1S/C23H34S.ClH/c1-2-3-4-5-6-7-8-9-10-11-13-21-15-17-22(18-16-21)20-23-14-12-19-24-23;/h12,14-19H,2-11,13,20H2,1H3;1H. The Balaban J connectivity index is 0.00000312. The van der Waals surface area contributed by atoms with Gasteiger partial charge in [-0.2, -0.15) is 0 Å². The summed E-state index contributed by atoms with van der Waals surface area (Å²) < 4.78 is 0. The van der Waals surface area contributed by atoms with Gasteiger partial charge in [0.15, 0.2) is 4.88 Å². The summed E-state index contributed by atoms with van der Waals surface area (Å²) in [6.07, 6.45) is 16.5. The second-order valence-electron chi connectivity index (χ2n) is 7.05. The van der Waals surface area contributed by atoms with Crippen molar-refractivity contribution in [1.82, 2.24) is 0 Å². The molecule has 1 aromatic heterocycles. The number of benzene rings is 1. The SMILES string of the molecule is CCCCCCCCCCCCc1ccc(Cc2ccc[sH+]2)cc1.[Cl-]. The van der Waals surface area contributed by atoms with Gasteiger partial charge in [0.05, 0.1) is 0 Å². The van der Waals surface area contributed by atoms with Gasteiger partial charge >= 0.3 is 0 Å². The molecule has 1 aromatic carbocycles. The highest BCUT2D eigenvalue weighted by molar-refractivity contribution is 7.09. The number of unbranched alkanes of at least 4 members (excludes halogenated alkanes) is 9. The Morgan fingerprint density at radius 1 is 0.680 bits per heavy atom. The predicted molar refractivity (Wildman–Crippen MR) is 111 cm³/mol. The molecule has 0 atom stereocenters. The number of hydrogen-bond donors (Lipinski definition) is 0. The van der Waals surface area contributed by atoms with Crippen LogP contribution in [-0.4, -0.2) is 0 Å². The lowest BCUT2D eigenvalue weighted by atomic mass is 10.0. The van der Waals surface area contributed by atoms with Gasteiger partial charge < -0.3 is 12.4 Å². The van der Waals surface area contributed by atoms with Crippen molar-refractivity contribution in [1.29, 1.82) is 0 Å². The van der Waals surface area contributed by atoms with Crippen LogP contribution < -0.4 is 12.4 Å². The molecular formula is C23H35ClS. The van der Waals surface area contributed by atoms with E-state index in [1.165, 1.54) is 98.0 Å². The van der Waals surface area contributed by atoms with Crippen molar-refractivity contribution in [3.05, 3.63) is 57.8 Å². The largest absolute Gasteiger partial charge is 1.00 e. The highest BCUT2D eigenvalue weighted by Gasteiger charge is 2.03. The van der Waals surface area contributed by atoms with Crippen molar-refractivity contribution >= 4 is 11.3 Å². The quantitative estimate of drug-likeness (QED) is 0.354. The van der Waals surface area contributed by atoms with E-state index in [0.717, 1.165) is 6.42 Å². The zero-order valence-electron chi connectivity index (χ0n) is 15.9. The molecule has 0 N–H and O–H groups in total. The third kappa shape index (κ3) is 10.1. The average Bonchev–Trinajstić information content (AvgIpc) is 3.11. The molecule has 0 radical (unpaired) electrons. The molecule has 2 aromatic rings. The lowest BCUT2D eigenvalue weighted by molar-refractivity contribution is -0.00000502. The van der Waals surface area contributed by atoms with E-state index in [-0.39, 0.29) is 12.4 Å². The summed E-state index contributed by atoms with van der Waals surface area (Å²) >= 11 is 1.38. The molecule has 0 saturated heterocycles. The first-order chi connectivity index (χ1) is 11.9. The van der Waals surface area contributed by atoms with Gasteiger partial charge in [-0.15, -0.1) is 0 Å². The van der Waals surface area contributed by atoms with Crippen LogP contribution in [0.2, 0.25) is 0 Å². The molecule has 2 heteroatoms. The maximum absolute atomic E-state index is 2.34. The first-order valence-electron chi connectivity index (χ1n) is 10.0. The van der Waals surface area contributed by atoms with Gasteiger partial charge in [0, 0.05) is 6.42 Å². The second kappa shape index (κ2) is 14.4. The lowest BCUT2D eigenvalue weighted by Crippen LogP contribution is -3.00. The summed E-state index contributed by atoms with van der Waals surface area (Å²) in [4.78, 5) is 1.51. The maximum Gasteiger partial charge on any atom is 0.152 e. The molecule has 25 heavy (non-hydrogen) atoms. The minimum Gasteiger partial charge on any atom is -1.00 e. The van der Waals surface area contributed by atoms with Gasteiger partial charge in [0.2, 0.25) is 0 Å². The van der Waals surface area contributed by atoms with Gasteiger partial charge in [-0.05, 0) is 47.4 Å². The van der Waals surface area contributed by atoms with E-state index in [4.69, 9.17) is 0 Å². The average molecular weight is 379 g/mol. The number of aryl methyl sites for hydroxylation is 1. The fourth-order valence-corrected chi connectivity index (χ4v) is 4.10. The minimum atomic E-state index is 0. The van der Waals surface area contributed by atoms with Crippen LogP contribution in [0.5, 0.6) is 0 Å². The van der Waals surface area contributed by atoms with Crippen molar-refractivity contribution in [2.75, 3.05) is 0 Å². The number of halogens is 1. The summed E-state index contributed by atoms with van der Waals surface area (Å²) in [5.74, 6) is 0. The van der Waals surface area contributed by atoms with E-state index in [1.54, 1.807) is 0 Å². The van der Waals surface area contributed by atoms with Crippen LogP contribution in [0.15, 0.2) is 41.8 Å². The topological polar surface area (TPSA) is 0 Å². The van der Waals surface area contributed by atoms with Crippen molar-refractivity contribution in [2.24, 2.45) is 0 Å². The van der Waals surface area contributed by atoms with Crippen LogP contribution in [0.4, 0.5) is 0 Å². The van der Waals surface area contributed by atoms with Gasteiger partial charge in [0.25, 0.3) is 0 Å². The molecule has 140 valence electrons. The molecule has 0 saturated carbocycles. The van der Waals surface area contributed by atoms with Crippen LogP contribution >= 0.6 is 11.3 Å². The van der Waals surface area contributed by atoms with Crippen molar-refractivity contribution in [3.63, 3.8) is 0 Å². The molecule has 0 aliphatic heterocycles. The Hall–Kier alpha value is -0.790. The summed E-state index contributed by atoms with van der Waals surface area (Å²) in [7, 11) is 0. The van der Waals surface area contributed by atoms with Crippen molar-refractivity contribution in [2.45, 2.75) is 84.0 Å². The maximum atomic E-state index is 2.34. The Morgan fingerprint density at radius 3 is 1.80 bits per heavy atom.